The van der Waals surface area contributed by atoms with Crippen molar-refractivity contribution in [3.8, 4) is 0 Å². The number of anilines is 1. The Bertz CT molecular complexity index is 603. The molecule has 0 unspecified atom stereocenters. The van der Waals surface area contributed by atoms with E-state index in [1.165, 1.54) is 5.56 Å². The number of fused-ring (bicyclic) bond motifs is 1. The lowest BCUT2D eigenvalue weighted by molar-refractivity contribution is 0.317. The van der Waals surface area contributed by atoms with Gasteiger partial charge in [0.1, 0.15) is 0 Å². The van der Waals surface area contributed by atoms with Crippen LogP contribution in [-0.2, 0) is 13.6 Å². The molecule has 2 aromatic rings. The van der Waals surface area contributed by atoms with E-state index in [1.807, 2.05) is 31.4 Å². The van der Waals surface area contributed by atoms with Gasteiger partial charge in [-0.05, 0) is 5.56 Å². The van der Waals surface area contributed by atoms with E-state index in [-0.39, 0.29) is 0 Å². The van der Waals surface area contributed by atoms with Gasteiger partial charge in [-0.15, -0.1) is 0 Å². The van der Waals surface area contributed by atoms with Crippen LogP contribution in [0.3, 0.4) is 0 Å². The third kappa shape index (κ3) is 2.19. The van der Waals surface area contributed by atoms with Crippen molar-refractivity contribution < 1.29 is 5.21 Å². The number of hydrogen-bond donors (Lipinski definition) is 1. The van der Waals surface area contributed by atoms with Gasteiger partial charge in [-0.2, -0.15) is 5.10 Å². The van der Waals surface area contributed by atoms with Gasteiger partial charge < -0.3 is 10.1 Å². The van der Waals surface area contributed by atoms with E-state index in [0.717, 1.165) is 30.9 Å². The van der Waals surface area contributed by atoms with Crippen LogP contribution in [0.15, 0.2) is 41.7 Å². The molecular weight excluding hydrogens is 240 g/mol. The Balaban J connectivity index is 1.92. The SMILES string of the molecule is Cn1cc2c(n1)N(Cc1ccccc1)CCC2=NO. The second-order valence-corrected chi connectivity index (χ2v) is 4.74. The molecule has 1 aliphatic rings. The van der Waals surface area contributed by atoms with Gasteiger partial charge in [0.2, 0.25) is 0 Å². The molecule has 1 N–H and O–H groups in total. The van der Waals surface area contributed by atoms with Crippen molar-refractivity contribution in [1.82, 2.24) is 9.78 Å². The van der Waals surface area contributed by atoms with E-state index in [2.05, 4.69) is 27.3 Å². The molecule has 98 valence electrons. The average molecular weight is 256 g/mol. The van der Waals surface area contributed by atoms with Gasteiger partial charge >= 0.3 is 0 Å². The third-order valence-electron chi connectivity index (χ3n) is 3.38. The van der Waals surface area contributed by atoms with E-state index in [9.17, 15) is 0 Å². The summed E-state index contributed by atoms with van der Waals surface area (Å²) < 4.78 is 1.76. The second-order valence-electron chi connectivity index (χ2n) is 4.74. The fourth-order valence-corrected chi connectivity index (χ4v) is 2.46. The van der Waals surface area contributed by atoms with Crippen LogP contribution in [0.25, 0.3) is 0 Å². The van der Waals surface area contributed by atoms with Crippen LogP contribution in [0, 0.1) is 0 Å². The van der Waals surface area contributed by atoms with Gasteiger partial charge in [-0.3, -0.25) is 4.68 Å². The van der Waals surface area contributed by atoms with Gasteiger partial charge in [0.05, 0.1) is 11.3 Å². The Labute approximate surface area is 111 Å². The zero-order valence-electron chi connectivity index (χ0n) is 10.8. The summed E-state index contributed by atoms with van der Waals surface area (Å²) in [7, 11) is 1.88. The summed E-state index contributed by atoms with van der Waals surface area (Å²) in [6, 6.07) is 10.3. The molecule has 0 atom stereocenters. The summed E-state index contributed by atoms with van der Waals surface area (Å²) in [6.45, 7) is 1.64. The molecule has 0 fully saturated rings. The van der Waals surface area contributed by atoms with Crippen molar-refractivity contribution in [2.45, 2.75) is 13.0 Å². The van der Waals surface area contributed by atoms with E-state index >= 15 is 0 Å². The monoisotopic (exact) mass is 256 g/mol. The number of oxime groups is 1. The van der Waals surface area contributed by atoms with Crippen molar-refractivity contribution in [3.05, 3.63) is 47.7 Å². The fourth-order valence-electron chi connectivity index (χ4n) is 2.46. The maximum atomic E-state index is 9.06. The van der Waals surface area contributed by atoms with Crippen LogP contribution < -0.4 is 4.90 Å². The summed E-state index contributed by atoms with van der Waals surface area (Å²) in [5, 5.41) is 16.9. The molecule has 0 spiro atoms. The minimum atomic E-state index is 0.715. The topological polar surface area (TPSA) is 53.7 Å². The molecule has 0 saturated heterocycles. The highest BCUT2D eigenvalue weighted by atomic mass is 16.4. The van der Waals surface area contributed by atoms with Gasteiger partial charge in [0.25, 0.3) is 0 Å². The number of aryl methyl sites for hydroxylation is 1. The van der Waals surface area contributed by atoms with Crippen LogP contribution in [0.4, 0.5) is 5.82 Å². The Kier molecular flexibility index (Phi) is 2.95. The summed E-state index contributed by atoms with van der Waals surface area (Å²) in [5.74, 6) is 0.894. The number of benzene rings is 1. The Hall–Kier alpha value is -2.30. The second kappa shape index (κ2) is 4.76. The standard InChI is InChI=1S/C14H16N4O/c1-17-10-12-13(16-19)7-8-18(14(12)15-17)9-11-5-3-2-4-6-11/h2-6,10,19H,7-9H2,1H3. The van der Waals surface area contributed by atoms with Crippen LogP contribution in [0.1, 0.15) is 17.5 Å². The summed E-state index contributed by atoms with van der Waals surface area (Å²) >= 11 is 0. The van der Waals surface area contributed by atoms with Crippen molar-refractivity contribution in [3.63, 3.8) is 0 Å². The van der Waals surface area contributed by atoms with Crippen LogP contribution in [0.5, 0.6) is 0 Å². The van der Waals surface area contributed by atoms with Crippen molar-refractivity contribution in [1.29, 1.82) is 0 Å². The highest BCUT2D eigenvalue weighted by molar-refractivity contribution is 6.05. The molecule has 3 rings (SSSR count). The van der Waals surface area contributed by atoms with Gasteiger partial charge in [-0.25, -0.2) is 0 Å². The smallest absolute Gasteiger partial charge is 0.160 e. The van der Waals surface area contributed by atoms with Crippen LogP contribution in [0.2, 0.25) is 0 Å². The fraction of sp³-hybridized carbons (Fsp3) is 0.286. The molecule has 1 aromatic carbocycles. The average Bonchev–Trinajstić information content (AvgIpc) is 2.82. The maximum absolute atomic E-state index is 9.06. The van der Waals surface area contributed by atoms with Crippen molar-refractivity contribution >= 4 is 11.5 Å². The first-order valence-electron chi connectivity index (χ1n) is 6.32. The summed E-state index contributed by atoms with van der Waals surface area (Å²) in [4.78, 5) is 2.22. The number of rotatable bonds is 2. The molecule has 0 bridgehead atoms. The Morgan fingerprint density at radius 2 is 2.11 bits per heavy atom. The van der Waals surface area contributed by atoms with Crippen LogP contribution in [-0.4, -0.2) is 27.2 Å². The quantitative estimate of drug-likeness (QED) is 0.660. The predicted octanol–water partition coefficient (Wildman–Crippen LogP) is 2.01. The normalized spacial score (nSPS) is 16.7. The van der Waals surface area contributed by atoms with Gasteiger partial charge in [0, 0.05) is 32.8 Å². The maximum Gasteiger partial charge on any atom is 0.160 e. The summed E-state index contributed by atoms with van der Waals surface area (Å²) in [6.07, 6.45) is 2.64. The van der Waals surface area contributed by atoms with Gasteiger partial charge in [-0.1, -0.05) is 35.5 Å². The highest BCUT2D eigenvalue weighted by Gasteiger charge is 2.25. The molecular formula is C14H16N4O. The number of hydrogen-bond acceptors (Lipinski definition) is 4. The molecule has 5 nitrogen and oxygen atoms in total. The molecule has 5 heteroatoms. The lowest BCUT2D eigenvalue weighted by atomic mass is 10.0. The zero-order chi connectivity index (χ0) is 13.2. The van der Waals surface area contributed by atoms with Crippen molar-refractivity contribution in [2.24, 2.45) is 12.2 Å². The Morgan fingerprint density at radius 3 is 2.84 bits per heavy atom. The van der Waals surface area contributed by atoms with Gasteiger partial charge in [0.15, 0.2) is 5.82 Å². The first kappa shape index (κ1) is 11.8. The van der Waals surface area contributed by atoms with E-state index in [4.69, 9.17) is 5.21 Å². The van der Waals surface area contributed by atoms with E-state index < -0.39 is 0 Å². The highest BCUT2D eigenvalue weighted by Crippen LogP contribution is 2.26. The van der Waals surface area contributed by atoms with E-state index in [0.29, 0.717) is 5.71 Å². The molecule has 0 aliphatic carbocycles. The molecule has 1 aliphatic heterocycles. The van der Waals surface area contributed by atoms with Crippen LogP contribution >= 0.6 is 0 Å². The lowest BCUT2D eigenvalue weighted by Gasteiger charge is -2.27. The molecule has 0 amide bonds. The molecule has 1 aromatic heterocycles. The first-order chi connectivity index (χ1) is 9.28. The minimum absolute atomic E-state index is 0.715. The molecule has 19 heavy (non-hydrogen) atoms. The third-order valence-corrected chi connectivity index (χ3v) is 3.38. The van der Waals surface area contributed by atoms with E-state index in [1.54, 1.807) is 4.68 Å². The molecule has 2 heterocycles. The zero-order valence-corrected chi connectivity index (χ0v) is 10.8. The predicted molar refractivity (Wildman–Crippen MR) is 73.6 cm³/mol. The summed E-state index contributed by atoms with van der Waals surface area (Å²) in [5.41, 5.74) is 2.89. The Morgan fingerprint density at radius 1 is 1.32 bits per heavy atom. The van der Waals surface area contributed by atoms with Crippen molar-refractivity contribution in [2.75, 3.05) is 11.4 Å². The number of aromatic nitrogens is 2. The largest absolute Gasteiger partial charge is 0.411 e. The minimum Gasteiger partial charge on any atom is -0.411 e. The first-order valence-corrected chi connectivity index (χ1v) is 6.32. The lowest BCUT2D eigenvalue weighted by Crippen LogP contribution is -2.31. The number of nitrogens with zero attached hydrogens (tertiary/aromatic N) is 4. The molecule has 0 saturated carbocycles. The molecule has 0 radical (unpaired) electrons.